The van der Waals surface area contributed by atoms with Crippen LogP contribution in [0.25, 0.3) is 0 Å². The minimum atomic E-state index is -1.49. The van der Waals surface area contributed by atoms with Crippen molar-refractivity contribution in [1.82, 2.24) is 5.32 Å². The van der Waals surface area contributed by atoms with Crippen LogP contribution in [0.4, 0.5) is 0 Å². The second-order valence-electron chi connectivity index (χ2n) is 2.40. The molecule has 1 atom stereocenters. The first-order valence-corrected chi connectivity index (χ1v) is 3.43. The quantitative estimate of drug-likeness (QED) is 0.352. The summed E-state index contributed by atoms with van der Waals surface area (Å²) in [5.41, 5.74) is 0. The average molecular weight is 219 g/mol. The highest BCUT2D eigenvalue weighted by molar-refractivity contribution is 5.81. The van der Waals surface area contributed by atoms with Gasteiger partial charge in [-0.2, -0.15) is 0 Å². The Labute approximate surface area is 89.5 Å². The Bertz CT molecular complexity index is 227. The van der Waals surface area contributed by atoms with Gasteiger partial charge in [0.15, 0.2) is 0 Å². The molecule has 0 aromatic carbocycles. The third-order valence-corrected chi connectivity index (χ3v) is 1.21. The molecule has 1 unspecified atom stereocenters. The number of amides is 1. The number of rotatable bonds is 5. The number of aliphatic carboxylic acids is 1. The van der Waals surface area contributed by atoms with Crippen LogP contribution in [0.15, 0.2) is 12.3 Å². The summed E-state index contributed by atoms with van der Waals surface area (Å²) in [6, 6.07) is -1.28. The summed E-state index contributed by atoms with van der Waals surface area (Å²) in [6.45, 7) is 4.28. The zero-order valence-electron chi connectivity index (χ0n) is 7.03. The molecule has 0 bridgehead atoms. The van der Waals surface area contributed by atoms with Gasteiger partial charge in [-0.15, -0.1) is 0 Å². The summed E-state index contributed by atoms with van der Waals surface area (Å²) in [6.07, 6.45) is -0.300. The van der Waals surface area contributed by atoms with Gasteiger partial charge in [0.2, 0.25) is 5.91 Å². The molecule has 0 saturated heterocycles. The van der Waals surface area contributed by atoms with Crippen LogP contribution in [-0.4, -0.2) is 17.9 Å². The molecule has 0 radical (unpaired) electrons. The number of hydrogen-bond acceptors (Lipinski definition) is 5. The normalized spacial score (nSPS) is 10.0. The highest BCUT2D eigenvalue weighted by Crippen LogP contribution is 2.01. The minimum absolute atomic E-state index is 0. The van der Waals surface area contributed by atoms with Crippen molar-refractivity contribution in [3.63, 3.8) is 0 Å². The van der Waals surface area contributed by atoms with Crippen molar-refractivity contribution in [1.29, 1.82) is 0 Å². The lowest BCUT2D eigenvalue weighted by molar-refractivity contribution is -0.672. The third-order valence-electron chi connectivity index (χ3n) is 1.21. The minimum Gasteiger partial charge on any atom is -0.664 e. The predicted molar refractivity (Wildman–Crippen MR) is 50.9 cm³/mol. The van der Waals surface area contributed by atoms with Crippen LogP contribution in [0.5, 0.6) is 0 Å². The number of carboxylic acids is 1. The van der Waals surface area contributed by atoms with Crippen LogP contribution in [-0.2, 0) is 14.5 Å². The summed E-state index contributed by atoms with van der Waals surface area (Å²) in [4.78, 5) is 24.3. The molecule has 15 heavy (non-hydrogen) atoms. The van der Waals surface area contributed by atoms with E-state index in [1.807, 2.05) is 0 Å². The molecular formula is C9H17NO5-2. The van der Waals surface area contributed by atoms with E-state index in [9.17, 15) is 20.0 Å². The van der Waals surface area contributed by atoms with Crippen molar-refractivity contribution in [2.45, 2.75) is 34.2 Å². The first kappa shape index (κ1) is 19.1. The lowest BCUT2D eigenvalue weighted by Gasteiger charge is -2.21. The Morgan fingerprint density at radius 1 is 1.47 bits per heavy atom. The zero-order valence-corrected chi connectivity index (χ0v) is 7.03. The standard InChI is InChI=1S/C7H11NO5.2CH4/c1-4(13-12)3-6(7(10)11)8-5(2)9;;/h6,12H,1,3H2,2H3,(H,8,9)(H,10,11);2*1H4/p-2. The highest BCUT2D eigenvalue weighted by atomic mass is 17.1. The van der Waals surface area contributed by atoms with E-state index < -0.39 is 17.9 Å². The van der Waals surface area contributed by atoms with Crippen LogP contribution in [0, 0.1) is 0 Å². The number of hydrogen-bond donors (Lipinski definition) is 1. The first-order valence-electron chi connectivity index (χ1n) is 3.43. The topological polar surface area (TPSA) is 102 Å². The molecule has 0 spiro atoms. The molecule has 0 fully saturated rings. The predicted octanol–water partition coefficient (Wildman–Crippen LogP) is -1.29. The Morgan fingerprint density at radius 2 is 1.93 bits per heavy atom. The van der Waals surface area contributed by atoms with Crippen LogP contribution in [0.1, 0.15) is 28.2 Å². The van der Waals surface area contributed by atoms with Crippen molar-refractivity contribution in [3.8, 4) is 0 Å². The zero-order chi connectivity index (χ0) is 10.4. The van der Waals surface area contributed by atoms with E-state index in [4.69, 9.17) is 0 Å². The van der Waals surface area contributed by atoms with E-state index >= 15 is 0 Å². The Balaban J connectivity index is -0.000000720. The van der Waals surface area contributed by atoms with Gasteiger partial charge in [0, 0.05) is 13.3 Å². The molecular weight excluding hydrogens is 202 g/mol. The molecule has 0 rings (SSSR count). The molecule has 90 valence electrons. The summed E-state index contributed by atoms with van der Waals surface area (Å²) >= 11 is 0. The van der Waals surface area contributed by atoms with Gasteiger partial charge in [0.25, 0.3) is 0 Å². The molecule has 0 heterocycles. The molecule has 1 amide bonds. The number of carboxylic acid groups (broad SMARTS) is 1. The Morgan fingerprint density at radius 3 is 2.20 bits per heavy atom. The molecule has 6 heteroatoms. The monoisotopic (exact) mass is 219 g/mol. The maximum Gasteiger partial charge on any atom is 0.217 e. The van der Waals surface area contributed by atoms with E-state index in [0.717, 1.165) is 6.92 Å². The summed E-state index contributed by atoms with van der Waals surface area (Å²) in [7, 11) is 0. The summed E-state index contributed by atoms with van der Waals surface area (Å²) in [5.74, 6) is -2.30. The molecule has 6 nitrogen and oxygen atoms in total. The molecule has 0 aromatic heterocycles. The van der Waals surface area contributed by atoms with E-state index in [-0.39, 0.29) is 27.0 Å². The van der Waals surface area contributed by atoms with Crippen molar-refractivity contribution in [2.75, 3.05) is 0 Å². The van der Waals surface area contributed by atoms with Crippen molar-refractivity contribution in [3.05, 3.63) is 12.3 Å². The highest BCUT2D eigenvalue weighted by Gasteiger charge is 2.12. The van der Waals surface area contributed by atoms with Gasteiger partial charge in [0.1, 0.15) is 0 Å². The van der Waals surface area contributed by atoms with Gasteiger partial charge in [-0.05, 0) is 0 Å². The fourth-order valence-corrected chi connectivity index (χ4v) is 0.700. The molecule has 0 saturated carbocycles. The average Bonchev–Trinajstić information content (AvgIpc) is 2.02. The fraction of sp³-hybridized carbons (Fsp3) is 0.556. The largest absolute Gasteiger partial charge is 0.664 e. The van der Waals surface area contributed by atoms with Crippen molar-refractivity contribution >= 4 is 11.9 Å². The van der Waals surface area contributed by atoms with Crippen molar-refractivity contribution < 1.29 is 24.8 Å². The van der Waals surface area contributed by atoms with Crippen LogP contribution < -0.4 is 15.7 Å². The Hall–Kier alpha value is -1.56. The van der Waals surface area contributed by atoms with Gasteiger partial charge in [-0.25, -0.2) is 0 Å². The molecule has 0 aliphatic carbocycles. The van der Waals surface area contributed by atoms with Gasteiger partial charge in [-0.3, -0.25) is 4.79 Å². The van der Waals surface area contributed by atoms with E-state index in [1.165, 1.54) is 0 Å². The smallest absolute Gasteiger partial charge is 0.217 e. The van der Waals surface area contributed by atoms with Crippen LogP contribution in [0.3, 0.4) is 0 Å². The van der Waals surface area contributed by atoms with E-state index in [2.05, 4.69) is 16.8 Å². The van der Waals surface area contributed by atoms with Gasteiger partial charge < -0.3 is 25.4 Å². The van der Waals surface area contributed by atoms with Gasteiger partial charge in [-0.1, -0.05) is 21.4 Å². The summed E-state index contributed by atoms with van der Waals surface area (Å²) in [5, 5.41) is 22.2. The lowest BCUT2D eigenvalue weighted by Crippen LogP contribution is -2.47. The Kier molecular flexibility index (Phi) is 11.5. The number of carbonyl (C=O) groups is 2. The lowest BCUT2D eigenvalue weighted by atomic mass is 10.2. The van der Waals surface area contributed by atoms with Crippen LogP contribution >= 0.6 is 0 Å². The number of nitrogens with one attached hydrogen (secondary N) is 1. The third kappa shape index (κ3) is 8.76. The van der Waals surface area contributed by atoms with Gasteiger partial charge in [0.05, 0.1) is 17.8 Å². The second kappa shape index (κ2) is 9.01. The van der Waals surface area contributed by atoms with E-state index in [1.54, 1.807) is 0 Å². The first-order chi connectivity index (χ1) is 5.97. The SMILES string of the molecule is C.C.C=C(CC(NC(C)=O)C(=O)[O-])O[O-]. The van der Waals surface area contributed by atoms with Crippen LogP contribution in [0.2, 0.25) is 0 Å². The summed E-state index contributed by atoms with van der Waals surface area (Å²) < 4.78 is 0. The van der Waals surface area contributed by atoms with E-state index in [0.29, 0.717) is 0 Å². The molecule has 1 N–H and O–H groups in total. The molecule has 0 aromatic rings. The maximum absolute atomic E-state index is 10.5. The van der Waals surface area contributed by atoms with Crippen molar-refractivity contribution in [2.24, 2.45) is 0 Å². The van der Waals surface area contributed by atoms with Gasteiger partial charge >= 0.3 is 0 Å². The second-order valence-corrected chi connectivity index (χ2v) is 2.40. The molecule has 0 aliphatic rings. The number of carbonyl (C=O) groups excluding carboxylic acids is 2. The maximum atomic E-state index is 10.5. The molecule has 0 aliphatic heterocycles. The fourth-order valence-electron chi connectivity index (χ4n) is 0.700.